The number of nitrogens with one attached hydrogen (secondary N) is 1. The first-order valence-corrected chi connectivity index (χ1v) is 6.26. The maximum atomic E-state index is 13.2. The highest BCUT2D eigenvalue weighted by Gasteiger charge is 2.41. The molecule has 1 unspecified atom stereocenters. The third-order valence-electron chi connectivity index (χ3n) is 3.08. The van der Waals surface area contributed by atoms with Crippen LogP contribution in [0.15, 0.2) is 54.9 Å². The molecule has 106 valence electrons. The first-order chi connectivity index (χ1) is 9.48. The van der Waals surface area contributed by atoms with E-state index in [1.54, 1.807) is 49.6 Å². The fourth-order valence-electron chi connectivity index (χ4n) is 2.02. The van der Waals surface area contributed by atoms with Crippen LogP contribution >= 0.6 is 0 Å². The Bertz CT molecular complexity index is 526. The van der Waals surface area contributed by atoms with E-state index in [1.807, 2.05) is 0 Å². The lowest BCUT2D eigenvalue weighted by molar-refractivity contribution is -0.159. The summed E-state index contributed by atoms with van der Waals surface area (Å²) in [5.74, 6) is 0. The van der Waals surface area contributed by atoms with Crippen molar-refractivity contribution in [1.29, 1.82) is 0 Å². The molecular formula is C15H15F3N2. The van der Waals surface area contributed by atoms with Gasteiger partial charge in [-0.2, -0.15) is 13.2 Å². The Kier molecular flexibility index (Phi) is 4.39. The molecule has 1 aromatic carbocycles. The van der Waals surface area contributed by atoms with E-state index < -0.39 is 18.3 Å². The van der Waals surface area contributed by atoms with Gasteiger partial charge < -0.3 is 0 Å². The van der Waals surface area contributed by atoms with Gasteiger partial charge in [-0.25, -0.2) is 0 Å². The van der Waals surface area contributed by atoms with Gasteiger partial charge in [0.15, 0.2) is 0 Å². The highest BCUT2D eigenvalue weighted by atomic mass is 19.4. The molecule has 0 radical (unpaired) electrons. The van der Waals surface area contributed by atoms with Crippen molar-refractivity contribution in [3.8, 4) is 0 Å². The fraction of sp³-hybridized carbons (Fsp3) is 0.267. The molecule has 20 heavy (non-hydrogen) atoms. The van der Waals surface area contributed by atoms with E-state index in [-0.39, 0.29) is 5.56 Å². The zero-order valence-corrected chi connectivity index (χ0v) is 10.9. The molecule has 2 atom stereocenters. The van der Waals surface area contributed by atoms with Gasteiger partial charge in [0.25, 0.3) is 0 Å². The summed E-state index contributed by atoms with van der Waals surface area (Å²) in [7, 11) is 0. The molecule has 0 bridgehead atoms. The molecule has 1 aromatic heterocycles. The van der Waals surface area contributed by atoms with Gasteiger partial charge in [-0.05, 0) is 30.2 Å². The van der Waals surface area contributed by atoms with Crippen LogP contribution in [-0.2, 0) is 0 Å². The van der Waals surface area contributed by atoms with Crippen LogP contribution < -0.4 is 5.32 Å². The van der Waals surface area contributed by atoms with Crippen LogP contribution in [0.3, 0.4) is 0 Å². The molecule has 0 aliphatic carbocycles. The number of hydrogen-bond donors (Lipinski definition) is 1. The smallest absolute Gasteiger partial charge is 0.296 e. The molecule has 0 saturated heterocycles. The van der Waals surface area contributed by atoms with Gasteiger partial charge in [-0.3, -0.25) is 10.3 Å². The van der Waals surface area contributed by atoms with Crippen molar-refractivity contribution < 1.29 is 13.2 Å². The van der Waals surface area contributed by atoms with Gasteiger partial charge in [0.2, 0.25) is 0 Å². The number of pyridine rings is 1. The van der Waals surface area contributed by atoms with Crippen molar-refractivity contribution in [1.82, 2.24) is 10.3 Å². The van der Waals surface area contributed by atoms with E-state index in [0.717, 1.165) is 5.56 Å². The summed E-state index contributed by atoms with van der Waals surface area (Å²) >= 11 is 0. The fourth-order valence-corrected chi connectivity index (χ4v) is 2.02. The summed E-state index contributed by atoms with van der Waals surface area (Å²) in [6.07, 6.45) is -1.21. The number of alkyl halides is 3. The summed E-state index contributed by atoms with van der Waals surface area (Å²) < 4.78 is 39.6. The molecule has 0 aliphatic heterocycles. The SMILES string of the molecule is C[C@H](NC(c1ccccc1)C(F)(F)F)c1ccncc1. The van der Waals surface area contributed by atoms with Crippen LogP contribution in [0.2, 0.25) is 0 Å². The van der Waals surface area contributed by atoms with E-state index >= 15 is 0 Å². The van der Waals surface area contributed by atoms with Crippen LogP contribution in [0.4, 0.5) is 13.2 Å². The van der Waals surface area contributed by atoms with Crippen LogP contribution in [0.25, 0.3) is 0 Å². The van der Waals surface area contributed by atoms with Gasteiger partial charge in [0, 0.05) is 18.4 Å². The molecule has 2 nitrogen and oxygen atoms in total. The summed E-state index contributed by atoms with van der Waals surface area (Å²) in [5.41, 5.74) is 0.978. The standard InChI is InChI=1S/C15H15F3N2/c1-11(12-7-9-19-10-8-12)20-14(15(16,17)18)13-5-3-2-4-6-13/h2-11,14,20H,1H3/t11-,14?/m0/s1. The van der Waals surface area contributed by atoms with Crippen molar-refractivity contribution in [3.63, 3.8) is 0 Å². The van der Waals surface area contributed by atoms with Crippen LogP contribution in [-0.4, -0.2) is 11.2 Å². The minimum atomic E-state index is -4.34. The van der Waals surface area contributed by atoms with Gasteiger partial charge in [-0.1, -0.05) is 30.3 Å². The third kappa shape index (κ3) is 3.57. The van der Waals surface area contributed by atoms with Crippen molar-refractivity contribution in [3.05, 3.63) is 66.0 Å². The zero-order valence-electron chi connectivity index (χ0n) is 10.9. The maximum absolute atomic E-state index is 13.2. The van der Waals surface area contributed by atoms with E-state index in [1.165, 1.54) is 12.1 Å². The summed E-state index contributed by atoms with van der Waals surface area (Å²) in [4.78, 5) is 3.86. The molecule has 1 N–H and O–H groups in total. The van der Waals surface area contributed by atoms with Gasteiger partial charge in [0.05, 0.1) is 0 Å². The summed E-state index contributed by atoms with van der Waals surface area (Å²) in [6.45, 7) is 1.71. The molecule has 5 heteroatoms. The van der Waals surface area contributed by atoms with Crippen molar-refractivity contribution >= 4 is 0 Å². The van der Waals surface area contributed by atoms with Gasteiger partial charge in [0.1, 0.15) is 6.04 Å². The quantitative estimate of drug-likeness (QED) is 0.914. The van der Waals surface area contributed by atoms with E-state index in [9.17, 15) is 13.2 Å². The second-order valence-electron chi connectivity index (χ2n) is 4.55. The number of hydrogen-bond acceptors (Lipinski definition) is 2. The number of rotatable bonds is 4. The van der Waals surface area contributed by atoms with Crippen molar-refractivity contribution in [2.45, 2.75) is 25.2 Å². The van der Waals surface area contributed by atoms with E-state index in [2.05, 4.69) is 10.3 Å². The number of benzene rings is 1. The summed E-state index contributed by atoms with van der Waals surface area (Å²) in [6, 6.07) is 9.15. The maximum Gasteiger partial charge on any atom is 0.407 e. The summed E-state index contributed by atoms with van der Waals surface area (Å²) in [5, 5.41) is 2.64. The lowest BCUT2D eigenvalue weighted by atomic mass is 10.0. The lowest BCUT2D eigenvalue weighted by Gasteiger charge is -2.26. The minimum absolute atomic E-state index is 0.209. The van der Waals surface area contributed by atoms with E-state index in [4.69, 9.17) is 0 Å². The van der Waals surface area contributed by atoms with Gasteiger partial charge in [-0.15, -0.1) is 0 Å². The number of halogens is 3. The Hall–Kier alpha value is -1.88. The molecule has 0 saturated carbocycles. The Morgan fingerprint density at radius 1 is 0.950 bits per heavy atom. The highest BCUT2D eigenvalue weighted by molar-refractivity contribution is 5.22. The average molecular weight is 280 g/mol. The first-order valence-electron chi connectivity index (χ1n) is 6.26. The van der Waals surface area contributed by atoms with Crippen LogP contribution in [0.5, 0.6) is 0 Å². The Labute approximate surface area is 115 Å². The van der Waals surface area contributed by atoms with Crippen LogP contribution in [0, 0.1) is 0 Å². The van der Waals surface area contributed by atoms with Crippen molar-refractivity contribution in [2.75, 3.05) is 0 Å². The molecule has 0 aliphatic rings. The topological polar surface area (TPSA) is 24.9 Å². The normalized spacial score (nSPS) is 14.8. The van der Waals surface area contributed by atoms with Gasteiger partial charge >= 0.3 is 6.18 Å². The Balaban J connectivity index is 2.22. The third-order valence-corrected chi connectivity index (χ3v) is 3.08. The van der Waals surface area contributed by atoms with E-state index in [0.29, 0.717) is 0 Å². The average Bonchev–Trinajstić information content (AvgIpc) is 2.45. The molecular weight excluding hydrogens is 265 g/mol. The first kappa shape index (κ1) is 14.5. The number of nitrogens with zero attached hydrogens (tertiary/aromatic N) is 1. The monoisotopic (exact) mass is 280 g/mol. The Morgan fingerprint density at radius 3 is 2.10 bits per heavy atom. The molecule has 0 amide bonds. The molecule has 1 heterocycles. The zero-order chi connectivity index (χ0) is 14.6. The largest absolute Gasteiger partial charge is 0.407 e. The Morgan fingerprint density at radius 2 is 1.55 bits per heavy atom. The van der Waals surface area contributed by atoms with Crippen LogP contribution in [0.1, 0.15) is 30.1 Å². The molecule has 2 aromatic rings. The van der Waals surface area contributed by atoms with Crippen molar-refractivity contribution in [2.24, 2.45) is 0 Å². The molecule has 0 spiro atoms. The minimum Gasteiger partial charge on any atom is -0.296 e. The second-order valence-corrected chi connectivity index (χ2v) is 4.55. The predicted molar refractivity (Wildman–Crippen MR) is 71.0 cm³/mol. The number of aromatic nitrogens is 1. The highest BCUT2D eigenvalue weighted by Crippen LogP contribution is 2.34. The second kappa shape index (κ2) is 6.05. The molecule has 0 fully saturated rings. The lowest BCUT2D eigenvalue weighted by Crippen LogP contribution is -2.35. The molecule has 2 rings (SSSR count). The predicted octanol–water partition coefficient (Wildman–Crippen LogP) is 4.04.